The molecule has 152 valence electrons. The number of carbonyl (C=O) groups is 3. The first kappa shape index (κ1) is 20.8. The quantitative estimate of drug-likeness (QED) is 0.685. The zero-order chi connectivity index (χ0) is 20.8. The van der Waals surface area contributed by atoms with Crippen LogP contribution in [0.3, 0.4) is 0 Å². The third-order valence-corrected chi connectivity index (χ3v) is 5.17. The molecule has 3 amide bonds. The number of ether oxygens (including phenoxy) is 1. The number of rotatable bonds is 6. The van der Waals surface area contributed by atoms with E-state index in [0.29, 0.717) is 43.1 Å². The zero-order valence-electron chi connectivity index (χ0n) is 15.6. The minimum Gasteiger partial charge on any atom is -0.484 e. The smallest absolute Gasteiger partial charge is 0.260 e. The van der Waals surface area contributed by atoms with Crippen molar-refractivity contribution < 1.29 is 19.1 Å². The second-order valence-electron chi connectivity index (χ2n) is 6.68. The van der Waals surface area contributed by atoms with Crippen LogP contribution in [0.25, 0.3) is 0 Å². The summed E-state index contributed by atoms with van der Waals surface area (Å²) >= 11 is 3.30. The van der Waals surface area contributed by atoms with Crippen LogP contribution in [0, 0.1) is 5.92 Å². The molecule has 2 heterocycles. The molecule has 1 saturated heterocycles. The van der Waals surface area contributed by atoms with Gasteiger partial charge in [0.1, 0.15) is 11.6 Å². The van der Waals surface area contributed by atoms with E-state index in [1.807, 2.05) is 6.07 Å². The van der Waals surface area contributed by atoms with Gasteiger partial charge in [0.25, 0.3) is 5.91 Å². The molecule has 0 aliphatic carbocycles. The highest BCUT2D eigenvalue weighted by molar-refractivity contribution is 9.10. The van der Waals surface area contributed by atoms with Crippen LogP contribution in [0.1, 0.15) is 23.2 Å². The second kappa shape index (κ2) is 9.51. The molecule has 8 nitrogen and oxygen atoms in total. The van der Waals surface area contributed by atoms with E-state index in [1.165, 1.54) is 0 Å². The monoisotopic (exact) mass is 460 g/mol. The first-order valence-electron chi connectivity index (χ1n) is 9.15. The lowest BCUT2D eigenvalue weighted by Gasteiger charge is -2.31. The molecule has 0 radical (unpaired) electrons. The van der Waals surface area contributed by atoms with Gasteiger partial charge in [0.2, 0.25) is 11.8 Å². The standard InChI is InChI=1S/C20H21BrN4O4/c21-15-3-6-17(23-11-15)24-20(28)14-7-9-25(10-8-14)18(26)12-29-16-4-1-13(2-5-16)19(22)27/h1-6,11,14H,7-10,12H2,(H2,22,27)(H,23,24,28). The fraction of sp³-hybridized carbons (Fsp3) is 0.300. The summed E-state index contributed by atoms with van der Waals surface area (Å²) < 4.78 is 6.33. The third-order valence-electron chi connectivity index (χ3n) is 4.70. The molecule has 1 aliphatic rings. The van der Waals surface area contributed by atoms with Crippen LogP contribution in [0.15, 0.2) is 47.1 Å². The first-order valence-corrected chi connectivity index (χ1v) is 9.94. The minimum absolute atomic E-state index is 0.0855. The molecular weight excluding hydrogens is 440 g/mol. The summed E-state index contributed by atoms with van der Waals surface area (Å²) in [5.41, 5.74) is 5.57. The van der Waals surface area contributed by atoms with Gasteiger partial charge in [-0.15, -0.1) is 0 Å². The SMILES string of the molecule is NC(=O)c1ccc(OCC(=O)N2CCC(C(=O)Nc3ccc(Br)cn3)CC2)cc1. The third kappa shape index (κ3) is 5.77. The van der Waals surface area contributed by atoms with Crippen LogP contribution in [0.5, 0.6) is 5.75 Å². The number of anilines is 1. The van der Waals surface area contributed by atoms with E-state index in [2.05, 4.69) is 26.2 Å². The maximum Gasteiger partial charge on any atom is 0.260 e. The number of hydrogen-bond donors (Lipinski definition) is 2. The van der Waals surface area contributed by atoms with E-state index < -0.39 is 5.91 Å². The predicted molar refractivity (Wildman–Crippen MR) is 110 cm³/mol. The molecule has 3 N–H and O–H groups in total. The second-order valence-corrected chi connectivity index (χ2v) is 7.60. The van der Waals surface area contributed by atoms with Crippen LogP contribution < -0.4 is 15.8 Å². The number of pyridine rings is 1. The summed E-state index contributed by atoms with van der Waals surface area (Å²) in [5.74, 6) is 0.0874. The topological polar surface area (TPSA) is 115 Å². The lowest BCUT2D eigenvalue weighted by atomic mass is 9.96. The van der Waals surface area contributed by atoms with E-state index >= 15 is 0 Å². The van der Waals surface area contributed by atoms with E-state index in [4.69, 9.17) is 10.5 Å². The van der Waals surface area contributed by atoms with Gasteiger partial charge < -0.3 is 20.7 Å². The average molecular weight is 461 g/mol. The number of halogens is 1. The molecule has 0 bridgehead atoms. The Morgan fingerprint density at radius 3 is 2.41 bits per heavy atom. The van der Waals surface area contributed by atoms with Gasteiger partial charge >= 0.3 is 0 Å². The highest BCUT2D eigenvalue weighted by Crippen LogP contribution is 2.20. The van der Waals surface area contributed by atoms with E-state index in [1.54, 1.807) is 41.4 Å². The minimum atomic E-state index is -0.518. The molecule has 2 aromatic rings. The highest BCUT2D eigenvalue weighted by atomic mass is 79.9. The van der Waals surface area contributed by atoms with Gasteiger partial charge in [-0.1, -0.05) is 0 Å². The number of likely N-dealkylation sites (tertiary alicyclic amines) is 1. The first-order chi connectivity index (χ1) is 13.9. The van der Waals surface area contributed by atoms with E-state index in [0.717, 1.165) is 4.47 Å². The molecule has 29 heavy (non-hydrogen) atoms. The van der Waals surface area contributed by atoms with Crippen LogP contribution >= 0.6 is 15.9 Å². The maximum absolute atomic E-state index is 12.4. The molecule has 3 rings (SSSR count). The molecule has 0 unspecified atom stereocenters. The summed E-state index contributed by atoms with van der Waals surface area (Å²) in [6, 6.07) is 9.83. The number of piperidine rings is 1. The number of benzene rings is 1. The Kier molecular flexibility index (Phi) is 6.82. The Bertz CT molecular complexity index is 878. The molecule has 0 spiro atoms. The number of nitrogens with one attached hydrogen (secondary N) is 1. The van der Waals surface area contributed by atoms with Crippen molar-refractivity contribution in [3.8, 4) is 5.75 Å². The van der Waals surface area contributed by atoms with Crippen molar-refractivity contribution in [1.29, 1.82) is 0 Å². The van der Waals surface area contributed by atoms with Gasteiger partial charge in [0, 0.05) is 35.2 Å². The zero-order valence-corrected chi connectivity index (χ0v) is 17.2. The fourth-order valence-electron chi connectivity index (χ4n) is 3.02. The Hall–Kier alpha value is -2.94. The molecule has 0 saturated carbocycles. The van der Waals surface area contributed by atoms with E-state index in [-0.39, 0.29) is 24.3 Å². The number of carbonyl (C=O) groups excluding carboxylic acids is 3. The Labute approximate surface area is 176 Å². The van der Waals surface area contributed by atoms with Gasteiger partial charge in [-0.3, -0.25) is 14.4 Å². The molecule has 1 aromatic heterocycles. The lowest BCUT2D eigenvalue weighted by molar-refractivity contribution is -0.136. The van der Waals surface area contributed by atoms with Crippen molar-refractivity contribution in [2.24, 2.45) is 11.7 Å². The average Bonchev–Trinajstić information content (AvgIpc) is 2.74. The van der Waals surface area contributed by atoms with Gasteiger partial charge in [0.15, 0.2) is 6.61 Å². The van der Waals surface area contributed by atoms with Crippen molar-refractivity contribution in [2.75, 3.05) is 25.0 Å². The summed E-state index contributed by atoms with van der Waals surface area (Å²) in [6.45, 7) is 0.888. The van der Waals surface area contributed by atoms with Gasteiger partial charge in [-0.25, -0.2) is 4.98 Å². The number of nitrogens with zero attached hydrogens (tertiary/aromatic N) is 2. The van der Waals surface area contributed by atoms with Crippen molar-refractivity contribution in [2.45, 2.75) is 12.8 Å². The van der Waals surface area contributed by atoms with Crippen molar-refractivity contribution in [3.63, 3.8) is 0 Å². The summed E-state index contributed by atoms with van der Waals surface area (Å²) in [6.07, 6.45) is 2.79. The summed E-state index contributed by atoms with van der Waals surface area (Å²) in [5, 5.41) is 2.81. The van der Waals surface area contributed by atoms with Crippen molar-refractivity contribution >= 4 is 39.5 Å². The number of hydrogen-bond acceptors (Lipinski definition) is 5. The van der Waals surface area contributed by atoms with Crippen molar-refractivity contribution in [3.05, 3.63) is 52.6 Å². The number of aromatic nitrogens is 1. The normalized spacial score (nSPS) is 14.3. The predicted octanol–water partition coefficient (Wildman–Crippen LogP) is 2.20. The Morgan fingerprint density at radius 2 is 1.83 bits per heavy atom. The van der Waals surface area contributed by atoms with Gasteiger partial charge in [-0.2, -0.15) is 0 Å². The Balaban J connectivity index is 1.43. The van der Waals surface area contributed by atoms with Crippen molar-refractivity contribution in [1.82, 2.24) is 9.88 Å². The summed E-state index contributed by atoms with van der Waals surface area (Å²) in [7, 11) is 0. The summed E-state index contributed by atoms with van der Waals surface area (Å²) in [4.78, 5) is 41.6. The van der Waals surface area contributed by atoms with Gasteiger partial charge in [0.05, 0.1) is 0 Å². The molecule has 1 aromatic carbocycles. The van der Waals surface area contributed by atoms with Crippen LogP contribution in [0.4, 0.5) is 5.82 Å². The van der Waals surface area contributed by atoms with Crippen LogP contribution in [-0.4, -0.2) is 47.3 Å². The number of nitrogens with two attached hydrogens (primary N) is 1. The number of amides is 3. The highest BCUT2D eigenvalue weighted by Gasteiger charge is 2.27. The van der Waals surface area contributed by atoms with Gasteiger partial charge in [-0.05, 0) is 65.2 Å². The van der Waals surface area contributed by atoms with Crippen LogP contribution in [0.2, 0.25) is 0 Å². The lowest BCUT2D eigenvalue weighted by Crippen LogP contribution is -2.43. The van der Waals surface area contributed by atoms with Crippen LogP contribution in [-0.2, 0) is 9.59 Å². The molecule has 0 atom stereocenters. The molecular formula is C20H21BrN4O4. The van der Waals surface area contributed by atoms with E-state index in [9.17, 15) is 14.4 Å². The Morgan fingerprint density at radius 1 is 1.14 bits per heavy atom. The molecule has 1 aliphatic heterocycles. The molecule has 9 heteroatoms. The largest absolute Gasteiger partial charge is 0.484 e. The molecule has 1 fully saturated rings. The maximum atomic E-state index is 12.4. The number of primary amides is 1. The fourth-order valence-corrected chi connectivity index (χ4v) is 3.26.